The number of aliphatic carboxylic acids is 2. The maximum Gasteiger partial charge on any atom is 0.335 e. The lowest BCUT2D eigenvalue weighted by molar-refractivity contribution is -0.160. The van der Waals surface area contributed by atoms with Gasteiger partial charge in [-0.2, -0.15) is 5.26 Å². The number of benzene rings is 2. The SMILES string of the molecule is N#CC(CCCOc1ccc(-c2ccccc2)cc1)(C(=O)O)C(=O)O. The molecule has 128 valence electrons. The Hall–Kier alpha value is -3.33. The van der Waals surface area contributed by atoms with E-state index in [1.54, 1.807) is 12.1 Å². The van der Waals surface area contributed by atoms with Gasteiger partial charge in [0.15, 0.2) is 0 Å². The van der Waals surface area contributed by atoms with Crippen molar-refractivity contribution in [3.63, 3.8) is 0 Å². The number of carboxylic acid groups (broad SMARTS) is 2. The Kier molecular flexibility index (Phi) is 5.75. The lowest BCUT2D eigenvalue weighted by atomic mass is 9.85. The number of hydrogen-bond donors (Lipinski definition) is 2. The molecule has 0 unspecified atom stereocenters. The minimum atomic E-state index is -2.43. The number of rotatable bonds is 8. The van der Waals surface area contributed by atoms with Gasteiger partial charge in [0.1, 0.15) is 5.75 Å². The number of carboxylic acids is 2. The van der Waals surface area contributed by atoms with Gasteiger partial charge in [-0.25, -0.2) is 9.59 Å². The highest BCUT2D eigenvalue weighted by Gasteiger charge is 2.46. The number of nitrogens with zero attached hydrogens (tertiary/aromatic N) is 1. The second-order valence-corrected chi connectivity index (χ2v) is 5.47. The average Bonchev–Trinajstić information content (AvgIpc) is 2.62. The predicted octanol–water partition coefficient (Wildman–Crippen LogP) is 3.19. The Morgan fingerprint density at radius 1 is 0.960 bits per heavy atom. The molecule has 0 aliphatic carbocycles. The van der Waals surface area contributed by atoms with E-state index in [2.05, 4.69) is 0 Å². The smallest absolute Gasteiger partial charge is 0.335 e. The van der Waals surface area contributed by atoms with E-state index in [1.165, 1.54) is 6.07 Å². The summed E-state index contributed by atoms with van der Waals surface area (Å²) in [6, 6.07) is 18.6. The van der Waals surface area contributed by atoms with Crippen LogP contribution in [0, 0.1) is 16.7 Å². The molecule has 0 saturated carbocycles. The van der Waals surface area contributed by atoms with Crippen molar-refractivity contribution in [2.24, 2.45) is 5.41 Å². The highest BCUT2D eigenvalue weighted by molar-refractivity contribution is 6.01. The molecule has 25 heavy (non-hydrogen) atoms. The Morgan fingerprint density at radius 3 is 2.04 bits per heavy atom. The van der Waals surface area contributed by atoms with Crippen LogP contribution >= 0.6 is 0 Å². The van der Waals surface area contributed by atoms with Gasteiger partial charge in [-0.1, -0.05) is 42.5 Å². The maximum absolute atomic E-state index is 11.1. The molecule has 0 aliphatic rings. The van der Waals surface area contributed by atoms with E-state index in [-0.39, 0.29) is 19.4 Å². The summed E-state index contributed by atoms with van der Waals surface area (Å²) in [7, 11) is 0. The van der Waals surface area contributed by atoms with E-state index in [4.69, 9.17) is 20.2 Å². The minimum absolute atomic E-state index is 0.120. The molecule has 0 bridgehead atoms. The summed E-state index contributed by atoms with van der Waals surface area (Å²) >= 11 is 0. The molecular weight excluding hydrogens is 322 g/mol. The highest BCUT2D eigenvalue weighted by Crippen LogP contribution is 2.25. The summed E-state index contributed by atoms with van der Waals surface area (Å²) in [6.45, 7) is 0.120. The third-order valence-electron chi connectivity index (χ3n) is 3.85. The monoisotopic (exact) mass is 339 g/mol. The van der Waals surface area contributed by atoms with Crippen LogP contribution in [0.2, 0.25) is 0 Å². The fraction of sp³-hybridized carbons (Fsp3) is 0.211. The van der Waals surface area contributed by atoms with Crippen molar-refractivity contribution in [2.45, 2.75) is 12.8 Å². The minimum Gasteiger partial charge on any atom is -0.494 e. The van der Waals surface area contributed by atoms with Gasteiger partial charge in [0.25, 0.3) is 0 Å². The van der Waals surface area contributed by atoms with E-state index >= 15 is 0 Å². The van der Waals surface area contributed by atoms with Gasteiger partial charge in [0.05, 0.1) is 12.7 Å². The first-order valence-corrected chi connectivity index (χ1v) is 7.66. The lowest BCUT2D eigenvalue weighted by Gasteiger charge is -2.16. The first-order chi connectivity index (χ1) is 12.0. The number of nitriles is 1. The van der Waals surface area contributed by atoms with Crippen LogP contribution < -0.4 is 4.74 Å². The average molecular weight is 339 g/mol. The van der Waals surface area contributed by atoms with Gasteiger partial charge in [-0.05, 0) is 36.1 Å². The third kappa shape index (κ3) is 4.15. The molecule has 0 spiro atoms. The van der Waals surface area contributed by atoms with Crippen molar-refractivity contribution in [3.8, 4) is 22.9 Å². The summed E-state index contributed by atoms with van der Waals surface area (Å²) in [5.41, 5.74) is -0.315. The summed E-state index contributed by atoms with van der Waals surface area (Å²) in [6.07, 6.45) is -0.192. The van der Waals surface area contributed by atoms with Crippen LogP contribution in [-0.4, -0.2) is 28.8 Å². The van der Waals surface area contributed by atoms with E-state index in [9.17, 15) is 9.59 Å². The number of carbonyl (C=O) groups is 2. The summed E-state index contributed by atoms with van der Waals surface area (Å²) in [5, 5.41) is 26.9. The molecule has 0 aromatic heterocycles. The molecule has 2 N–H and O–H groups in total. The van der Waals surface area contributed by atoms with Crippen molar-refractivity contribution in [2.75, 3.05) is 6.61 Å². The van der Waals surface area contributed by atoms with Gasteiger partial charge in [-0.3, -0.25) is 0 Å². The second kappa shape index (κ2) is 7.97. The number of ether oxygens (including phenoxy) is 1. The maximum atomic E-state index is 11.1. The fourth-order valence-corrected chi connectivity index (χ4v) is 2.36. The zero-order valence-electron chi connectivity index (χ0n) is 13.4. The molecule has 0 heterocycles. The summed E-state index contributed by atoms with van der Waals surface area (Å²) < 4.78 is 5.50. The largest absolute Gasteiger partial charge is 0.494 e. The van der Waals surface area contributed by atoms with Gasteiger partial charge >= 0.3 is 11.9 Å². The normalized spacial score (nSPS) is 10.7. The van der Waals surface area contributed by atoms with E-state index < -0.39 is 17.4 Å². The van der Waals surface area contributed by atoms with Gasteiger partial charge < -0.3 is 14.9 Å². The molecule has 2 aromatic carbocycles. The van der Waals surface area contributed by atoms with Crippen LogP contribution in [0.4, 0.5) is 0 Å². The van der Waals surface area contributed by atoms with Crippen LogP contribution in [0.3, 0.4) is 0 Å². The van der Waals surface area contributed by atoms with Crippen LogP contribution in [0.1, 0.15) is 12.8 Å². The molecule has 0 aliphatic heterocycles. The zero-order valence-corrected chi connectivity index (χ0v) is 13.4. The summed E-state index contributed by atoms with van der Waals surface area (Å²) in [5.74, 6) is -2.72. The van der Waals surface area contributed by atoms with Crippen molar-refractivity contribution in [3.05, 3.63) is 54.6 Å². The molecular formula is C19H17NO5. The van der Waals surface area contributed by atoms with Crippen molar-refractivity contribution < 1.29 is 24.5 Å². The summed E-state index contributed by atoms with van der Waals surface area (Å²) in [4.78, 5) is 22.2. The molecule has 6 heteroatoms. The Bertz CT molecular complexity index is 764. The van der Waals surface area contributed by atoms with E-state index in [1.807, 2.05) is 42.5 Å². The van der Waals surface area contributed by atoms with Gasteiger partial charge in [0, 0.05) is 0 Å². The Balaban J connectivity index is 1.91. The predicted molar refractivity (Wildman–Crippen MR) is 89.9 cm³/mol. The van der Waals surface area contributed by atoms with E-state index in [0.29, 0.717) is 5.75 Å². The van der Waals surface area contributed by atoms with Gasteiger partial charge in [-0.15, -0.1) is 0 Å². The van der Waals surface area contributed by atoms with E-state index in [0.717, 1.165) is 11.1 Å². The molecule has 2 aromatic rings. The van der Waals surface area contributed by atoms with Crippen molar-refractivity contribution in [1.82, 2.24) is 0 Å². The molecule has 0 amide bonds. The quantitative estimate of drug-likeness (QED) is 0.565. The molecule has 0 atom stereocenters. The molecule has 6 nitrogen and oxygen atoms in total. The molecule has 2 rings (SSSR count). The standard InChI is InChI=1S/C19H17NO5/c20-13-19(17(21)22,18(23)24)11-4-12-25-16-9-7-15(8-10-16)14-5-2-1-3-6-14/h1-3,5-10H,4,11-12H2,(H,21,22)(H,23,24). The Morgan fingerprint density at radius 2 is 1.52 bits per heavy atom. The third-order valence-corrected chi connectivity index (χ3v) is 3.85. The highest BCUT2D eigenvalue weighted by atomic mass is 16.5. The topological polar surface area (TPSA) is 108 Å². The van der Waals surface area contributed by atoms with Crippen molar-refractivity contribution >= 4 is 11.9 Å². The molecule has 0 radical (unpaired) electrons. The van der Waals surface area contributed by atoms with Gasteiger partial charge in [0.2, 0.25) is 5.41 Å². The lowest BCUT2D eigenvalue weighted by Crippen LogP contribution is -2.38. The van der Waals surface area contributed by atoms with Crippen LogP contribution in [-0.2, 0) is 9.59 Å². The van der Waals surface area contributed by atoms with Crippen LogP contribution in [0.25, 0.3) is 11.1 Å². The van der Waals surface area contributed by atoms with Crippen LogP contribution in [0.15, 0.2) is 54.6 Å². The molecule has 0 saturated heterocycles. The van der Waals surface area contributed by atoms with Crippen LogP contribution in [0.5, 0.6) is 5.75 Å². The fourth-order valence-electron chi connectivity index (χ4n) is 2.36. The zero-order chi connectivity index (χ0) is 18.3. The Labute approximate surface area is 144 Å². The molecule has 0 fully saturated rings. The second-order valence-electron chi connectivity index (χ2n) is 5.47. The van der Waals surface area contributed by atoms with Crippen molar-refractivity contribution in [1.29, 1.82) is 5.26 Å². The first-order valence-electron chi connectivity index (χ1n) is 7.66. The first kappa shape index (κ1) is 18.0. The number of hydrogen-bond acceptors (Lipinski definition) is 4.